The minimum atomic E-state index is 0.000426. The molecule has 152 valence electrons. The highest BCUT2D eigenvalue weighted by molar-refractivity contribution is 5.98. The second-order valence-electron chi connectivity index (χ2n) is 8.21. The zero-order valence-electron chi connectivity index (χ0n) is 17.2. The number of likely N-dealkylation sites (tertiary alicyclic amines) is 1. The van der Waals surface area contributed by atoms with Crippen LogP contribution in [0.5, 0.6) is 0 Å². The molecule has 2 heterocycles. The van der Waals surface area contributed by atoms with Gasteiger partial charge in [-0.1, -0.05) is 35.9 Å². The van der Waals surface area contributed by atoms with Crippen molar-refractivity contribution in [3.63, 3.8) is 0 Å². The normalized spacial score (nSPS) is 19.3. The molecule has 1 aromatic heterocycles. The van der Waals surface area contributed by atoms with Gasteiger partial charge >= 0.3 is 0 Å². The highest BCUT2D eigenvalue weighted by atomic mass is 16.1. The number of H-pyrrole nitrogens is 1. The van der Waals surface area contributed by atoms with Gasteiger partial charge in [0.15, 0.2) is 5.78 Å². The van der Waals surface area contributed by atoms with Crippen LogP contribution in [-0.4, -0.2) is 33.7 Å². The van der Waals surface area contributed by atoms with E-state index in [0.29, 0.717) is 5.56 Å². The van der Waals surface area contributed by atoms with Crippen molar-refractivity contribution in [3.05, 3.63) is 89.0 Å². The number of carbonyl (C=O) groups excluding carboxylic acids is 1. The molecule has 2 atom stereocenters. The van der Waals surface area contributed by atoms with Crippen molar-refractivity contribution in [2.24, 2.45) is 11.8 Å². The first-order valence-corrected chi connectivity index (χ1v) is 10.4. The third kappa shape index (κ3) is 4.67. The fourth-order valence-corrected chi connectivity index (χ4v) is 4.45. The molecule has 5 nitrogen and oxygen atoms in total. The molecule has 4 rings (SSSR count). The Hall–Kier alpha value is -3.23. The molecule has 1 N–H and O–H groups in total. The summed E-state index contributed by atoms with van der Waals surface area (Å²) in [6, 6.07) is 17.8. The number of aromatic amines is 1. The molecule has 0 bridgehead atoms. The summed E-state index contributed by atoms with van der Waals surface area (Å²) in [5, 5.41) is 9.06. The van der Waals surface area contributed by atoms with Crippen molar-refractivity contribution in [3.8, 4) is 6.07 Å². The molecule has 1 aliphatic heterocycles. The van der Waals surface area contributed by atoms with Gasteiger partial charge in [0.05, 0.1) is 18.0 Å². The second kappa shape index (κ2) is 9.06. The largest absolute Gasteiger partial charge is 0.347 e. The Bertz CT molecular complexity index is 1030. The fraction of sp³-hybridized carbons (Fsp3) is 0.320. The number of nitriles is 1. The Balaban J connectivity index is 1.55. The number of ketones is 1. The van der Waals surface area contributed by atoms with Crippen molar-refractivity contribution in [2.75, 3.05) is 13.1 Å². The number of carbonyl (C=O) groups is 1. The topological polar surface area (TPSA) is 72.8 Å². The van der Waals surface area contributed by atoms with E-state index in [1.807, 2.05) is 61.7 Å². The van der Waals surface area contributed by atoms with Crippen LogP contribution in [-0.2, 0) is 13.0 Å². The Morgan fingerprint density at radius 1 is 1.27 bits per heavy atom. The van der Waals surface area contributed by atoms with Gasteiger partial charge in [0, 0.05) is 36.5 Å². The Morgan fingerprint density at radius 2 is 2.10 bits per heavy atom. The molecular formula is C25H26N4O. The van der Waals surface area contributed by atoms with Crippen LogP contribution < -0.4 is 0 Å². The molecule has 1 saturated heterocycles. The lowest BCUT2D eigenvalue weighted by molar-refractivity contribution is 0.0689. The van der Waals surface area contributed by atoms with E-state index in [1.165, 1.54) is 5.56 Å². The van der Waals surface area contributed by atoms with Crippen LogP contribution >= 0.6 is 0 Å². The Labute approximate surface area is 177 Å². The number of piperidine rings is 1. The molecular weight excluding hydrogens is 372 g/mol. The highest BCUT2D eigenvalue weighted by Crippen LogP contribution is 2.31. The number of nitrogens with one attached hydrogen (secondary N) is 1. The number of hydrogen-bond acceptors (Lipinski definition) is 4. The average molecular weight is 399 g/mol. The van der Waals surface area contributed by atoms with Crippen molar-refractivity contribution in [1.29, 1.82) is 5.26 Å². The first-order chi connectivity index (χ1) is 14.6. The van der Waals surface area contributed by atoms with E-state index in [2.05, 4.69) is 20.9 Å². The van der Waals surface area contributed by atoms with Crippen LogP contribution in [0, 0.1) is 30.1 Å². The summed E-state index contributed by atoms with van der Waals surface area (Å²) in [6.07, 6.45) is 5.24. The van der Waals surface area contributed by atoms with Crippen LogP contribution in [0.3, 0.4) is 0 Å². The van der Waals surface area contributed by atoms with Crippen LogP contribution in [0.2, 0.25) is 0 Å². The predicted octanol–water partition coefficient (Wildman–Crippen LogP) is 4.15. The Kier molecular flexibility index (Phi) is 6.06. The standard InChI is InChI=1S/C25H26N4O/c1-18-3-2-4-21(11-18)25(30)24-9-10-29(16-23-14-27-17-28-23)15-22(24)12-19-5-7-20(13-26)8-6-19/h2-8,11,14,17,22,24H,9-10,12,15-16H2,1H3,(H,27,28). The van der Waals surface area contributed by atoms with Crippen LogP contribution in [0.4, 0.5) is 0 Å². The maximum Gasteiger partial charge on any atom is 0.166 e. The van der Waals surface area contributed by atoms with E-state index >= 15 is 0 Å². The van der Waals surface area contributed by atoms with E-state index in [-0.39, 0.29) is 17.6 Å². The molecule has 5 heteroatoms. The molecule has 2 unspecified atom stereocenters. The lowest BCUT2D eigenvalue weighted by Crippen LogP contribution is -2.43. The SMILES string of the molecule is Cc1cccc(C(=O)C2CCN(Cc3cnc[nH]3)CC2Cc2ccc(C#N)cc2)c1. The summed E-state index contributed by atoms with van der Waals surface area (Å²) in [6.45, 7) is 4.60. The zero-order chi connectivity index (χ0) is 20.9. The van der Waals surface area contributed by atoms with Gasteiger partial charge in [-0.05, 0) is 56.0 Å². The van der Waals surface area contributed by atoms with Crippen LogP contribution in [0.25, 0.3) is 0 Å². The maximum absolute atomic E-state index is 13.4. The van der Waals surface area contributed by atoms with Crippen LogP contribution in [0.15, 0.2) is 61.1 Å². The lowest BCUT2D eigenvalue weighted by atomic mass is 9.77. The van der Waals surface area contributed by atoms with Crippen LogP contribution in [0.1, 0.15) is 39.2 Å². The van der Waals surface area contributed by atoms with E-state index < -0.39 is 0 Å². The molecule has 1 fully saturated rings. The molecule has 3 aromatic rings. The number of aromatic nitrogens is 2. The summed E-state index contributed by atoms with van der Waals surface area (Å²) < 4.78 is 0. The first kappa shape index (κ1) is 20.1. The second-order valence-corrected chi connectivity index (χ2v) is 8.21. The third-order valence-corrected chi connectivity index (χ3v) is 5.99. The molecule has 0 radical (unpaired) electrons. The van der Waals surface area contributed by atoms with Gasteiger partial charge in [0.2, 0.25) is 0 Å². The van der Waals surface area contributed by atoms with Crippen molar-refractivity contribution in [2.45, 2.75) is 26.3 Å². The molecule has 1 aliphatic rings. The predicted molar refractivity (Wildman–Crippen MR) is 116 cm³/mol. The number of aryl methyl sites for hydroxylation is 1. The number of nitrogens with zero attached hydrogens (tertiary/aromatic N) is 3. The molecule has 0 spiro atoms. The Morgan fingerprint density at radius 3 is 2.80 bits per heavy atom. The molecule has 0 aliphatic carbocycles. The van der Waals surface area contributed by atoms with Crippen molar-refractivity contribution in [1.82, 2.24) is 14.9 Å². The molecule has 0 amide bonds. The van der Waals surface area contributed by atoms with Gasteiger partial charge in [-0.15, -0.1) is 0 Å². The maximum atomic E-state index is 13.4. The van der Waals surface area contributed by atoms with Gasteiger partial charge in [0.1, 0.15) is 0 Å². The van der Waals surface area contributed by atoms with E-state index in [4.69, 9.17) is 5.26 Å². The lowest BCUT2D eigenvalue weighted by Gasteiger charge is -2.38. The van der Waals surface area contributed by atoms with E-state index in [1.54, 1.807) is 6.33 Å². The van der Waals surface area contributed by atoms with Crippen molar-refractivity contribution >= 4 is 5.78 Å². The minimum Gasteiger partial charge on any atom is -0.347 e. The molecule has 30 heavy (non-hydrogen) atoms. The number of benzene rings is 2. The van der Waals surface area contributed by atoms with Crippen molar-refractivity contribution < 1.29 is 4.79 Å². The quantitative estimate of drug-likeness (QED) is 0.633. The number of Topliss-reactive ketones (excluding diaryl/α,β-unsaturated/α-hetero) is 1. The monoisotopic (exact) mass is 398 g/mol. The smallest absolute Gasteiger partial charge is 0.166 e. The summed E-state index contributed by atoms with van der Waals surface area (Å²) in [5.41, 5.74) is 4.85. The zero-order valence-corrected chi connectivity index (χ0v) is 17.2. The van der Waals surface area contributed by atoms with Gasteiger partial charge < -0.3 is 4.98 Å². The highest BCUT2D eigenvalue weighted by Gasteiger charge is 2.34. The summed E-state index contributed by atoms with van der Waals surface area (Å²) in [4.78, 5) is 23.1. The third-order valence-electron chi connectivity index (χ3n) is 5.99. The minimum absolute atomic E-state index is 0.000426. The molecule has 2 aromatic carbocycles. The summed E-state index contributed by atoms with van der Waals surface area (Å²) in [7, 11) is 0. The first-order valence-electron chi connectivity index (χ1n) is 10.4. The van der Waals surface area contributed by atoms with Gasteiger partial charge in [-0.25, -0.2) is 4.98 Å². The van der Waals surface area contributed by atoms with Gasteiger partial charge in [0.25, 0.3) is 0 Å². The fourth-order valence-electron chi connectivity index (χ4n) is 4.45. The summed E-state index contributed by atoms with van der Waals surface area (Å²) in [5.74, 6) is 0.474. The summed E-state index contributed by atoms with van der Waals surface area (Å²) >= 11 is 0. The van der Waals surface area contributed by atoms with Gasteiger partial charge in [-0.2, -0.15) is 5.26 Å². The molecule has 0 saturated carbocycles. The number of rotatable bonds is 6. The van der Waals surface area contributed by atoms with Gasteiger partial charge in [-0.3, -0.25) is 9.69 Å². The van der Waals surface area contributed by atoms with E-state index in [9.17, 15) is 4.79 Å². The number of hydrogen-bond donors (Lipinski definition) is 1. The van der Waals surface area contributed by atoms with E-state index in [0.717, 1.165) is 49.3 Å². The number of imidazole rings is 1. The average Bonchev–Trinajstić information content (AvgIpc) is 3.27.